The smallest absolute Gasteiger partial charge is 0.226 e. The molecule has 0 fully saturated rings. The van der Waals surface area contributed by atoms with E-state index < -0.39 is 0 Å². The third kappa shape index (κ3) is 4.65. The molecule has 0 radical (unpaired) electrons. The van der Waals surface area contributed by atoms with Crippen molar-refractivity contribution >= 4 is 22.2 Å². The maximum Gasteiger partial charge on any atom is 0.226 e. The van der Waals surface area contributed by atoms with E-state index >= 15 is 0 Å². The molecule has 0 aliphatic rings. The van der Waals surface area contributed by atoms with Gasteiger partial charge in [0.25, 0.3) is 0 Å². The van der Waals surface area contributed by atoms with Crippen LogP contribution >= 0.6 is 11.3 Å². The molecule has 7 heteroatoms. The molecular weight excluding hydrogens is 310 g/mol. The van der Waals surface area contributed by atoms with Crippen LogP contribution in [0.4, 0.5) is 5.00 Å². The Morgan fingerprint density at radius 2 is 2.30 bits per heavy atom. The largest absolute Gasteiger partial charge is 0.317 e. The molecule has 0 saturated carbocycles. The number of carbonyl (C=O) groups is 1. The van der Waals surface area contributed by atoms with E-state index in [0.29, 0.717) is 23.5 Å². The molecule has 0 aliphatic carbocycles. The zero-order chi connectivity index (χ0) is 16.8. The van der Waals surface area contributed by atoms with E-state index in [1.807, 2.05) is 24.0 Å². The Bertz CT molecular complexity index is 699. The summed E-state index contributed by atoms with van der Waals surface area (Å²) in [5, 5.41) is 21.8. The highest BCUT2D eigenvalue weighted by Crippen LogP contribution is 2.22. The number of thiophene rings is 1. The van der Waals surface area contributed by atoms with Gasteiger partial charge >= 0.3 is 0 Å². The van der Waals surface area contributed by atoms with Crippen LogP contribution in [0.15, 0.2) is 23.8 Å². The number of rotatable bonds is 7. The Hall–Kier alpha value is -2.17. The number of nitriles is 1. The molecule has 0 unspecified atom stereocenters. The van der Waals surface area contributed by atoms with Gasteiger partial charge in [0, 0.05) is 25.2 Å². The van der Waals surface area contributed by atoms with Crippen molar-refractivity contribution in [2.24, 2.45) is 0 Å². The van der Waals surface area contributed by atoms with Gasteiger partial charge in [0.2, 0.25) is 5.91 Å². The van der Waals surface area contributed by atoms with Crippen LogP contribution in [-0.4, -0.2) is 28.3 Å². The fourth-order valence-corrected chi connectivity index (χ4v) is 2.91. The Kier molecular flexibility index (Phi) is 5.90. The third-order valence-electron chi connectivity index (χ3n) is 3.73. The van der Waals surface area contributed by atoms with Crippen molar-refractivity contribution in [1.82, 2.24) is 15.1 Å². The van der Waals surface area contributed by atoms with Crippen LogP contribution < -0.4 is 10.6 Å². The standard InChI is InChI=1S/C16H21N5OS/c1-11-9-19-21(10-11)13(3)12(2)18-6-4-15(22)20-16-14(8-17)5-7-23-16/h5,7,9-10,12-13,18H,4,6H2,1-3H3,(H,20,22)/t12-,13+/m0/s1. The summed E-state index contributed by atoms with van der Waals surface area (Å²) in [5.74, 6) is -0.0914. The lowest BCUT2D eigenvalue weighted by molar-refractivity contribution is -0.116. The van der Waals surface area contributed by atoms with Crippen LogP contribution in [0.25, 0.3) is 0 Å². The first kappa shape index (κ1) is 17.2. The Morgan fingerprint density at radius 3 is 2.96 bits per heavy atom. The monoisotopic (exact) mass is 331 g/mol. The fraction of sp³-hybridized carbons (Fsp3) is 0.438. The number of carbonyl (C=O) groups excluding carboxylic acids is 1. The maximum absolute atomic E-state index is 11.9. The highest BCUT2D eigenvalue weighted by atomic mass is 32.1. The molecule has 0 aliphatic heterocycles. The van der Waals surface area contributed by atoms with E-state index in [9.17, 15) is 4.79 Å². The summed E-state index contributed by atoms with van der Waals surface area (Å²) in [4.78, 5) is 11.9. The van der Waals surface area contributed by atoms with E-state index in [4.69, 9.17) is 5.26 Å². The van der Waals surface area contributed by atoms with Gasteiger partial charge < -0.3 is 10.6 Å². The molecule has 2 heterocycles. The summed E-state index contributed by atoms with van der Waals surface area (Å²) >= 11 is 1.36. The van der Waals surface area contributed by atoms with Gasteiger partial charge in [0.05, 0.1) is 17.8 Å². The zero-order valence-electron chi connectivity index (χ0n) is 13.5. The molecule has 2 aromatic rings. The minimum Gasteiger partial charge on any atom is -0.317 e. The van der Waals surface area contributed by atoms with Crippen molar-refractivity contribution < 1.29 is 4.79 Å². The first-order valence-electron chi connectivity index (χ1n) is 7.53. The molecule has 0 spiro atoms. The van der Waals surface area contributed by atoms with E-state index in [-0.39, 0.29) is 18.0 Å². The lowest BCUT2D eigenvalue weighted by atomic mass is 10.1. The maximum atomic E-state index is 11.9. The second kappa shape index (κ2) is 7.90. The molecule has 1 amide bonds. The fourth-order valence-electron chi connectivity index (χ4n) is 2.15. The number of nitrogens with one attached hydrogen (secondary N) is 2. The third-order valence-corrected chi connectivity index (χ3v) is 4.56. The second-order valence-electron chi connectivity index (χ2n) is 5.55. The van der Waals surface area contributed by atoms with Gasteiger partial charge in [0.15, 0.2) is 0 Å². The highest BCUT2D eigenvalue weighted by molar-refractivity contribution is 7.14. The molecule has 23 heavy (non-hydrogen) atoms. The van der Waals surface area contributed by atoms with Crippen molar-refractivity contribution in [3.05, 3.63) is 35.0 Å². The molecule has 6 nitrogen and oxygen atoms in total. The van der Waals surface area contributed by atoms with E-state index in [1.165, 1.54) is 11.3 Å². The number of hydrogen-bond acceptors (Lipinski definition) is 5. The summed E-state index contributed by atoms with van der Waals surface area (Å²) in [6.45, 7) is 6.76. The van der Waals surface area contributed by atoms with Crippen LogP contribution in [0.1, 0.15) is 37.4 Å². The van der Waals surface area contributed by atoms with Crippen LogP contribution in [0.2, 0.25) is 0 Å². The predicted octanol–water partition coefficient (Wildman–Crippen LogP) is 2.69. The van der Waals surface area contributed by atoms with Crippen LogP contribution in [-0.2, 0) is 4.79 Å². The van der Waals surface area contributed by atoms with Crippen LogP contribution in [0.5, 0.6) is 0 Å². The lowest BCUT2D eigenvalue weighted by Crippen LogP contribution is -2.35. The van der Waals surface area contributed by atoms with E-state index in [2.05, 4.69) is 35.6 Å². The zero-order valence-corrected chi connectivity index (χ0v) is 14.4. The number of aryl methyl sites for hydroxylation is 1. The van der Waals surface area contributed by atoms with Crippen molar-refractivity contribution in [1.29, 1.82) is 5.26 Å². The number of aromatic nitrogens is 2. The molecule has 0 saturated heterocycles. The average Bonchev–Trinajstić information content (AvgIpc) is 3.15. The van der Waals surface area contributed by atoms with E-state index in [1.54, 1.807) is 11.4 Å². The number of nitrogens with zero attached hydrogens (tertiary/aromatic N) is 3. The van der Waals surface area contributed by atoms with Gasteiger partial charge in [-0.1, -0.05) is 0 Å². The average molecular weight is 331 g/mol. The summed E-state index contributed by atoms with van der Waals surface area (Å²) < 4.78 is 1.93. The van der Waals surface area contributed by atoms with Crippen molar-refractivity contribution in [2.75, 3.05) is 11.9 Å². The molecular formula is C16H21N5OS. The molecule has 0 bridgehead atoms. The Balaban J connectivity index is 1.76. The quantitative estimate of drug-likeness (QED) is 0.817. The number of amides is 1. The molecule has 122 valence electrons. The molecule has 2 N–H and O–H groups in total. The lowest BCUT2D eigenvalue weighted by Gasteiger charge is -2.21. The predicted molar refractivity (Wildman–Crippen MR) is 91.4 cm³/mol. The van der Waals surface area contributed by atoms with Crippen LogP contribution in [0.3, 0.4) is 0 Å². The SMILES string of the molecule is Cc1cnn([C@H](C)[C@H](C)NCCC(=O)Nc2sccc2C#N)c1. The van der Waals surface area contributed by atoms with Gasteiger partial charge in [0.1, 0.15) is 11.1 Å². The second-order valence-corrected chi connectivity index (χ2v) is 6.47. The van der Waals surface area contributed by atoms with Gasteiger partial charge in [-0.15, -0.1) is 11.3 Å². The molecule has 2 atom stereocenters. The summed E-state index contributed by atoms with van der Waals surface area (Å²) in [5.41, 5.74) is 1.64. The van der Waals surface area contributed by atoms with Gasteiger partial charge in [-0.25, -0.2) is 0 Å². The first-order chi connectivity index (χ1) is 11.0. The minimum absolute atomic E-state index is 0.0914. The highest BCUT2D eigenvalue weighted by Gasteiger charge is 2.15. The van der Waals surface area contributed by atoms with Gasteiger partial charge in [-0.2, -0.15) is 10.4 Å². The Morgan fingerprint density at radius 1 is 1.52 bits per heavy atom. The summed E-state index contributed by atoms with van der Waals surface area (Å²) in [6.07, 6.45) is 4.21. The summed E-state index contributed by atoms with van der Waals surface area (Å²) in [6, 6.07) is 4.16. The Labute approximate surface area is 140 Å². The van der Waals surface area contributed by atoms with Crippen LogP contribution in [0, 0.1) is 18.3 Å². The number of hydrogen-bond donors (Lipinski definition) is 2. The number of anilines is 1. The molecule has 0 aromatic carbocycles. The van der Waals surface area contributed by atoms with Crippen molar-refractivity contribution in [3.8, 4) is 6.07 Å². The van der Waals surface area contributed by atoms with Gasteiger partial charge in [-0.3, -0.25) is 9.48 Å². The normalized spacial score (nSPS) is 13.3. The van der Waals surface area contributed by atoms with Crippen molar-refractivity contribution in [2.45, 2.75) is 39.3 Å². The van der Waals surface area contributed by atoms with Gasteiger partial charge in [-0.05, 0) is 37.8 Å². The van der Waals surface area contributed by atoms with E-state index in [0.717, 1.165) is 5.56 Å². The first-order valence-corrected chi connectivity index (χ1v) is 8.40. The molecule has 2 rings (SSSR count). The summed E-state index contributed by atoms with van der Waals surface area (Å²) in [7, 11) is 0. The topological polar surface area (TPSA) is 82.7 Å². The minimum atomic E-state index is -0.0914. The van der Waals surface area contributed by atoms with Crippen molar-refractivity contribution in [3.63, 3.8) is 0 Å². The molecule has 2 aromatic heterocycles.